The van der Waals surface area contributed by atoms with Gasteiger partial charge in [-0.2, -0.15) is 23.4 Å². The van der Waals surface area contributed by atoms with Gasteiger partial charge in [-0.05, 0) is 43.3 Å². The molecule has 0 unspecified atom stereocenters. The summed E-state index contributed by atoms with van der Waals surface area (Å²) in [5.41, 5.74) is 2.96. The first kappa shape index (κ1) is 30.7. The Morgan fingerprint density at radius 2 is 1.72 bits per heavy atom. The van der Waals surface area contributed by atoms with Crippen LogP contribution in [0.25, 0.3) is 11.3 Å². The summed E-state index contributed by atoms with van der Waals surface area (Å²) in [4.78, 5) is 29.6. The molecule has 14 heteroatoms. The Morgan fingerprint density at radius 3 is 2.33 bits per heavy atom. The van der Waals surface area contributed by atoms with Crippen molar-refractivity contribution in [1.29, 1.82) is 0 Å². The molecule has 2 amide bonds. The molecule has 9 nitrogen and oxygen atoms in total. The van der Waals surface area contributed by atoms with E-state index in [0.29, 0.717) is 16.1 Å². The van der Waals surface area contributed by atoms with Crippen molar-refractivity contribution in [2.24, 2.45) is 12.1 Å². The van der Waals surface area contributed by atoms with E-state index in [1.807, 2.05) is 6.07 Å². The number of carbonyl (C=O) groups is 2. The van der Waals surface area contributed by atoms with Crippen LogP contribution in [0.5, 0.6) is 5.75 Å². The van der Waals surface area contributed by atoms with E-state index in [1.54, 1.807) is 18.3 Å². The quantitative estimate of drug-likeness (QED) is 0.173. The van der Waals surface area contributed by atoms with Crippen LogP contribution in [0.2, 0.25) is 0 Å². The number of carbonyl (C=O) groups excluding carboxylic acids is 2. The summed E-state index contributed by atoms with van der Waals surface area (Å²) in [7, 11) is 1.52. The molecule has 1 aromatic carbocycles. The van der Waals surface area contributed by atoms with Gasteiger partial charge in [-0.1, -0.05) is 18.2 Å². The first-order chi connectivity index (χ1) is 18.0. The zero-order valence-electron chi connectivity index (χ0n) is 21.1. The zero-order chi connectivity index (χ0) is 27.4. The van der Waals surface area contributed by atoms with Gasteiger partial charge in [-0.3, -0.25) is 19.3 Å². The predicted octanol–water partition coefficient (Wildman–Crippen LogP) is 3.97. The molecule has 4 aromatic rings. The molecule has 0 spiro atoms. The molecule has 0 saturated carbocycles. The number of halogens is 3. The standard InChI is InChI=1S/C25H21F3N6O3S.K/c1-14(20-22(35)21(34(2)33-20)15-6-8-16(9-7-15)25(26,27)28)31-32-24(37)19-11-10-18(38-19)23(36)30-13-17-5-3-4-12-29-17;/h3-12,35H,13H2,1-2H3,(H,30,36)(H,32,37);. The molecule has 0 atom stereocenters. The van der Waals surface area contributed by atoms with Crippen molar-refractivity contribution in [3.8, 4) is 17.0 Å². The van der Waals surface area contributed by atoms with Crippen molar-refractivity contribution in [2.45, 2.75) is 19.6 Å². The molecule has 0 aliphatic heterocycles. The number of benzene rings is 1. The SMILES string of the molecule is CC(=NNC(=O)c1ccc(C(=O)NCc2ccccn2)s1)c1nn(C)c(-c2ccc(C(F)(F)F)cc2)c1O.[K]. The van der Waals surface area contributed by atoms with E-state index < -0.39 is 17.6 Å². The average Bonchev–Trinajstić information content (AvgIpc) is 3.50. The number of hydrogen-bond donors (Lipinski definition) is 3. The number of nitrogens with one attached hydrogen (secondary N) is 2. The van der Waals surface area contributed by atoms with Crippen molar-refractivity contribution < 1.29 is 27.9 Å². The molecule has 0 bridgehead atoms. The van der Waals surface area contributed by atoms with Crippen molar-refractivity contribution in [1.82, 2.24) is 25.5 Å². The van der Waals surface area contributed by atoms with Crippen molar-refractivity contribution >= 4 is 80.2 Å². The van der Waals surface area contributed by atoms with Gasteiger partial charge in [0.15, 0.2) is 11.4 Å². The molecular weight excluding hydrogens is 560 g/mol. The van der Waals surface area contributed by atoms with E-state index in [2.05, 4.69) is 25.9 Å². The van der Waals surface area contributed by atoms with Crippen LogP contribution in [-0.4, -0.2) is 88.8 Å². The number of alkyl halides is 3. The molecule has 1 radical (unpaired) electrons. The summed E-state index contributed by atoms with van der Waals surface area (Å²) in [5.74, 6) is -1.23. The Hall–Kier alpha value is -2.88. The van der Waals surface area contributed by atoms with Gasteiger partial charge >= 0.3 is 6.18 Å². The second-order valence-corrected chi connectivity index (χ2v) is 9.13. The maximum absolute atomic E-state index is 12.9. The van der Waals surface area contributed by atoms with Crippen LogP contribution in [0, 0.1) is 0 Å². The second-order valence-electron chi connectivity index (χ2n) is 8.05. The van der Waals surface area contributed by atoms with E-state index in [4.69, 9.17) is 0 Å². The van der Waals surface area contributed by atoms with Gasteiger partial charge in [0.25, 0.3) is 11.8 Å². The van der Waals surface area contributed by atoms with Crippen molar-refractivity contribution in [3.63, 3.8) is 0 Å². The smallest absolute Gasteiger partial charge is 0.416 e. The fraction of sp³-hybridized carbons (Fsp3) is 0.160. The third kappa shape index (κ3) is 7.41. The monoisotopic (exact) mass is 581 g/mol. The number of rotatable bonds is 7. The fourth-order valence-corrected chi connectivity index (χ4v) is 4.29. The van der Waals surface area contributed by atoms with Crippen LogP contribution in [-0.2, 0) is 19.8 Å². The third-order valence-electron chi connectivity index (χ3n) is 5.39. The molecule has 3 aromatic heterocycles. The number of hydrogen-bond acceptors (Lipinski definition) is 7. The largest absolute Gasteiger partial charge is 0.504 e. The predicted molar refractivity (Wildman–Crippen MR) is 140 cm³/mol. The van der Waals surface area contributed by atoms with E-state index in [9.17, 15) is 27.9 Å². The number of hydrazone groups is 1. The Bertz CT molecular complexity index is 1500. The van der Waals surface area contributed by atoms with Crippen LogP contribution in [0.3, 0.4) is 0 Å². The average molecular weight is 582 g/mol. The number of thiophene rings is 1. The molecule has 0 fully saturated rings. The molecule has 0 aliphatic rings. The first-order valence-electron chi connectivity index (χ1n) is 11.1. The first-order valence-corrected chi connectivity index (χ1v) is 11.9. The van der Waals surface area contributed by atoms with Crippen molar-refractivity contribution in [3.05, 3.63) is 87.5 Å². The summed E-state index contributed by atoms with van der Waals surface area (Å²) < 4.78 is 39.9. The van der Waals surface area contributed by atoms with Gasteiger partial charge < -0.3 is 10.4 Å². The number of aromatic hydroxyl groups is 1. The summed E-state index contributed by atoms with van der Waals surface area (Å²) in [5, 5.41) is 21.6. The van der Waals surface area contributed by atoms with Crippen LogP contribution in [0.4, 0.5) is 13.2 Å². The Kier molecular flexibility index (Phi) is 10.2. The summed E-state index contributed by atoms with van der Waals surface area (Å²) >= 11 is 0.979. The van der Waals surface area contributed by atoms with Gasteiger partial charge in [0.05, 0.1) is 33.3 Å². The fourth-order valence-electron chi connectivity index (χ4n) is 3.48. The van der Waals surface area contributed by atoms with Gasteiger partial charge in [0, 0.05) is 70.2 Å². The normalized spacial score (nSPS) is 11.6. The third-order valence-corrected chi connectivity index (χ3v) is 6.47. The zero-order valence-corrected chi connectivity index (χ0v) is 25.0. The molecular formula is C25H21F3KN6O3S. The molecule has 3 heterocycles. The topological polar surface area (TPSA) is 122 Å². The van der Waals surface area contributed by atoms with E-state index in [0.717, 1.165) is 23.5 Å². The molecule has 197 valence electrons. The molecule has 4 rings (SSSR count). The minimum absolute atomic E-state index is 0. The van der Waals surface area contributed by atoms with E-state index >= 15 is 0 Å². The minimum atomic E-state index is -4.48. The second kappa shape index (κ2) is 13.0. The molecule has 3 N–H and O–H groups in total. The van der Waals surface area contributed by atoms with E-state index in [1.165, 1.54) is 42.9 Å². The summed E-state index contributed by atoms with van der Waals surface area (Å²) in [6.07, 6.45) is -2.86. The van der Waals surface area contributed by atoms with Gasteiger partial charge in [0.1, 0.15) is 5.69 Å². The Morgan fingerprint density at radius 1 is 1.05 bits per heavy atom. The molecule has 0 aliphatic carbocycles. The maximum Gasteiger partial charge on any atom is 0.416 e. The Balaban J connectivity index is 0.00000420. The van der Waals surface area contributed by atoms with Crippen LogP contribution >= 0.6 is 11.3 Å². The van der Waals surface area contributed by atoms with Gasteiger partial charge in [-0.25, -0.2) is 5.43 Å². The number of aromatic nitrogens is 3. The maximum atomic E-state index is 12.9. The summed E-state index contributed by atoms with van der Waals surface area (Å²) in [6, 6.07) is 12.7. The summed E-state index contributed by atoms with van der Waals surface area (Å²) in [6.45, 7) is 1.74. The van der Waals surface area contributed by atoms with E-state index in [-0.39, 0.29) is 91.6 Å². The van der Waals surface area contributed by atoms with Gasteiger partial charge in [0.2, 0.25) is 0 Å². The van der Waals surface area contributed by atoms with Crippen LogP contribution in [0.1, 0.15) is 43.2 Å². The van der Waals surface area contributed by atoms with Gasteiger partial charge in [-0.15, -0.1) is 11.3 Å². The number of amides is 2. The van der Waals surface area contributed by atoms with Crippen LogP contribution < -0.4 is 10.7 Å². The molecule has 39 heavy (non-hydrogen) atoms. The Labute approximate surface area is 267 Å². The number of pyridine rings is 1. The number of nitrogens with zero attached hydrogens (tertiary/aromatic N) is 4. The minimum Gasteiger partial charge on any atom is -0.504 e. The van der Waals surface area contributed by atoms with Crippen molar-refractivity contribution in [2.75, 3.05) is 0 Å². The molecule has 0 saturated heterocycles. The number of aryl methyl sites for hydroxylation is 1. The van der Waals surface area contributed by atoms with Crippen LogP contribution in [0.15, 0.2) is 65.9 Å².